The van der Waals surface area contributed by atoms with Crippen molar-refractivity contribution in [3.05, 3.63) is 14.7 Å². The fraction of sp³-hybridized carbons (Fsp3) is 0.545. The summed E-state index contributed by atoms with van der Waals surface area (Å²) in [6, 6.07) is 2.18. The van der Waals surface area contributed by atoms with Crippen LogP contribution in [0, 0.1) is 0 Å². The van der Waals surface area contributed by atoms with E-state index >= 15 is 0 Å². The van der Waals surface area contributed by atoms with Crippen molar-refractivity contribution in [1.82, 2.24) is 10.6 Å². The van der Waals surface area contributed by atoms with Crippen molar-refractivity contribution in [1.29, 1.82) is 0 Å². The molecule has 1 atom stereocenters. The molecule has 0 spiro atoms. The highest BCUT2D eigenvalue weighted by atomic mass is 79.9. The highest BCUT2D eigenvalue weighted by Crippen LogP contribution is 2.34. The molecular formula is C11H16BrClN2O2S. The number of carbonyl (C=O) groups excluding carboxylic acids is 1. The zero-order chi connectivity index (χ0) is 12.3. The van der Waals surface area contributed by atoms with Crippen LogP contribution in [0.3, 0.4) is 0 Å². The molecule has 2 rings (SSSR count). The third kappa shape index (κ3) is 3.85. The molecule has 18 heavy (non-hydrogen) atoms. The van der Waals surface area contributed by atoms with Crippen molar-refractivity contribution in [2.45, 2.75) is 18.9 Å². The minimum atomic E-state index is -0.0345. The summed E-state index contributed by atoms with van der Waals surface area (Å²) in [5, 5.41) is 6.28. The van der Waals surface area contributed by atoms with E-state index in [0.717, 1.165) is 16.8 Å². The van der Waals surface area contributed by atoms with Crippen molar-refractivity contribution in [3.63, 3.8) is 0 Å². The van der Waals surface area contributed by atoms with E-state index in [2.05, 4.69) is 26.6 Å². The molecule has 1 aliphatic rings. The van der Waals surface area contributed by atoms with Gasteiger partial charge >= 0.3 is 0 Å². The molecule has 0 saturated carbocycles. The van der Waals surface area contributed by atoms with Crippen LogP contribution < -0.4 is 15.4 Å². The maximum Gasteiger partial charge on any atom is 0.261 e. The lowest BCUT2D eigenvalue weighted by atomic mass is 10.2. The lowest BCUT2D eigenvalue weighted by Gasteiger charge is -2.10. The Morgan fingerprint density at radius 3 is 3.06 bits per heavy atom. The number of rotatable bonds is 4. The summed E-state index contributed by atoms with van der Waals surface area (Å²) >= 11 is 4.75. The Balaban J connectivity index is 0.00000162. The highest BCUT2D eigenvalue weighted by molar-refractivity contribution is 9.11. The Morgan fingerprint density at radius 2 is 2.50 bits per heavy atom. The number of methoxy groups -OCH3 is 1. The maximum absolute atomic E-state index is 11.9. The van der Waals surface area contributed by atoms with Crippen molar-refractivity contribution in [2.75, 3.05) is 20.2 Å². The first kappa shape index (κ1) is 15.8. The summed E-state index contributed by atoms with van der Waals surface area (Å²) in [6.45, 7) is 1.75. The second-order valence-corrected chi connectivity index (χ2v) is 6.33. The number of thiophene rings is 1. The number of hydrogen-bond acceptors (Lipinski definition) is 4. The van der Waals surface area contributed by atoms with Crippen LogP contribution in [0.5, 0.6) is 5.75 Å². The van der Waals surface area contributed by atoms with E-state index in [4.69, 9.17) is 4.74 Å². The van der Waals surface area contributed by atoms with Crippen LogP contribution in [-0.2, 0) is 0 Å². The molecule has 1 fully saturated rings. The average Bonchev–Trinajstić information content (AvgIpc) is 2.94. The van der Waals surface area contributed by atoms with Crippen molar-refractivity contribution >= 4 is 45.6 Å². The van der Waals surface area contributed by atoms with Gasteiger partial charge < -0.3 is 15.4 Å². The van der Waals surface area contributed by atoms with Crippen LogP contribution in [0.15, 0.2) is 9.85 Å². The van der Waals surface area contributed by atoms with Gasteiger partial charge in [0, 0.05) is 18.7 Å². The molecule has 0 bridgehead atoms. The van der Waals surface area contributed by atoms with Gasteiger partial charge in [0.1, 0.15) is 9.54 Å². The number of ether oxygens (including phenoxy) is 1. The van der Waals surface area contributed by atoms with Crippen molar-refractivity contribution in [3.8, 4) is 5.75 Å². The van der Waals surface area contributed by atoms with Crippen LogP contribution in [0.2, 0.25) is 0 Å². The second-order valence-electron chi connectivity index (χ2n) is 3.96. The van der Waals surface area contributed by atoms with Crippen LogP contribution in [0.4, 0.5) is 0 Å². The van der Waals surface area contributed by atoms with E-state index in [0.29, 0.717) is 23.2 Å². The maximum atomic E-state index is 11.9. The Labute approximate surface area is 125 Å². The van der Waals surface area contributed by atoms with Gasteiger partial charge in [0.15, 0.2) is 0 Å². The summed E-state index contributed by atoms with van der Waals surface area (Å²) in [5.41, 5.74) is 0. The summed E-state index contributed by atoms with van der Waals surface area (Å²) in [4.78, 5) is 12.6. The zero-order valence-corrected chi connectivity index (χ0v) is 13.2. The Bertz CT molecular complexity index is 408. The predicted molar refractivity (Wildman–Crippen MR) is 79.2 cm³/mol. The molecule has 1 aromatic heterocycles. The molecular weight excluding hydrogens is 340 g/mol. The van der Waals surface area contributed by atoms with Gasteiger partial charge in [-0.2, -0.15) is 0 Å². The van der Waals surface area contributed by atoms with Gasteiger partial charge in [0.2, 0.25) is 0 Å². The minimum Gasteiger partial charge on any atom is -0.495 e. The fourth-order valence-electron chi connectivity index (χ4n) is 1.84. The Morgan fingerprint density at radius 1 is 1.72 bits per heavy atom. The van der Waals surface area contributed by atoms with Crippen molar-refractivity contribution in [2.24, 2.45) is 0 Å². The fourth-order valence-corrected chi connectivity index (χ4v) is 3.40. The standard InChI is InChI=1S/C11H15BrN2O2S.ClH/c1-16-8-5-9(17-10(8)12)11(15)14-6-7-3-2-4-13-7;/h5,7,13H,2-4,6H2,1H3,(H,14,15);1H. The molecule has 1 aliphatic heterocycles. The van der Waals surface area contributed by atoms with E-state index in [1.54, 1.807) is 13.2 Å². The summed E-state index contributed by atoms with van der Waals surface area (Å²) in [6.07, 6.45) is 2.33. The smallest absolute Gasteiger partial charge is 0.261 e. The molecule has 102 valence electrons. The van der Waals surface area contributed by atoms with Gasteiger partial charge in [0.05, 0.1) is 12.0 Å². The monoisotopic (exact) mass is 354 g/mol. The van der Waals surface area contributed by atoms with Gasteiger partial charge in [-0.15, -0.1) is 23.7 Å². The Kier molecular flexibility index (Phi) is 6.42. The van der Waals surface area contributed by atoms with Gasteiger partial charge in [-0.25, -0.2) is 0 Å². The Hall–Kier alpha value is -0.300. The molecule has 4 nitrogen and oxygen atoms in total. The van der Waals surface area contributed by atoms with E-state index in [1.807, 2.05) is 0 Å². The molecule has 1 amide bonds. The van der Waals surface area contributed by atoms with E-state index in [9.17, 15) is 4.79 Å². The number of halogens is 2. The van der Waals surface area contributed by atoms with Crippen LogP contribution in [-0.4, -0.2) is 32.1 Å². The van der Waals surface area contributed by atoms with E-state index < -0.39 is 0 Å². The molecule has 0 radical (unpaired) electrons. The molecule has 2 heterocycles. The average molecular weight is 356 g/mol. The first-order valence-electron chi connectivity index (χ1n) is 5.55. The third-order valence-electron chi connectivity index (χ3n) is 2.77. The number of hydrogen-bond donors (Lipinski definition) is 2. The minimum absolute atomic E-state index is 0. The molecule has 1 saturated heterocycles. The normalized spacial score (nSPS) is 18.2. The van der Waals surface area contributed by atoms with Gasteiger partial charge in [-0.3, -0.25) is 4.79 Å². The SMILES string of the molecule is COc1cc(C(=O)NCC2CCCN2)sc1Br.Cl. The number of nitrogens with one attached hydrogen (secondary N) is 2. The third-order valence-corrected chi connectivity index (χ3v) is 4.55. The largest absolute Gasteiger partial charge is 0.495 e. The summed E-state index contributed by atoms with van der Waals surface area (Å²) in [5.74, 6) is 0.673. The predicted octanol–water partition coefficient (Wildman–Crippen LogP) is 2.42. The molecule has 2 N–H and O–H groups in total. The first-order valence-corrected chi connectivity index (χ1v) is 7.16. The molecule has 1 unspecified atom stereocenters. The van der Waals surface area contributed by atoms with Gasteiger partial charge in [-0.05, 0) is 35.3 Å². The van der Waals surface area contributed by atoms with Gasteiger partial charge in [0.25, 0.3) is 5.91 Å². The quantitative estimate of drug-likeness (QED) is 0.872. The van der Waals surface area contributed by atoms with Gasteiger partial charge in [-0.1, -0.05) is 0 Å². The van der Waals surface area contributed by atoms with Crippen LogP contribution in [0.25, 0.3) is 0 Å². The van der Waals surface area contributed by atoms with Crippen LogP contribution >= 0.6 is 39.7 Å². The summed E-state index contributed by atoms with van der Waals surface area (Å²) < 4.78 is 5.98. The highest BCUT2D eigenvalue weighted by Gasteiger charge is 2.17. The molecule has 0 aromatic carbocycles. The topological polar surface area (TPSA) is 50.4 Å². The molecule has 0 aliphatic carbocycles. The molecule has 7 heteroatoms. The lowest BCUT2D eigenvalue weighted by molar-refractivity contribution is 0.0954. The number of amides is 1. The van der Waals surface area contributed by atoms with E-state index in [1.165, 1.54) is 17.8 Å². The second kappa shape index (κ2) is 7.33. The number of carbonyl (C=O) groups is 1. The van der Waals surface area contributed by atoms with Crippen LogP contribution in [0.1, 0.15) is 22.5 Å². The lowest BCUT2D eigenvalue weighted by Crippen LogP contribution is -2.36. The molecule has 1 aromatic rings. The van der Waals surface area contributed by atoms with E-state index in [-0.39, 0.29) is 18.3 Å². The zero-order valence-electron chi connectivity index (χ0n) is 9.99. The first-order chi connectivity index (χ1) is 8.20. The van der Waals surface area contributed by atoms with Crippen molar-refractivity contribution < 1.29 is 9.53 Å². The summed E-state index contributed by atoms with van der Waals surface area (Å²) in [7, 11) is 1.59.